The summed E-state index contributed by atoms with van der Waals surface area (Å²) in [5, 5.41) is 2.89. The average molecular weight is 361 g/mol. The Labute approximate surface area is 154 Å². The standard InChI is InChI=1S/C20H27NO5/c1-14(2)26-18(23)12-11-17(22)25-13-16(15-9-7-6-8-10-15)21-19(24)20(3,4)5/h6-12,14,16H,13H2,1-5H3,(H,21,24)/b12-11+/t16-/m1/s1. The summed E-state index contributed by atoms with van der Waals surface area (Å²) in [6, 6.07) is 8.75. The molecule has 1 atom stereocenters. The van der Waals surface area contributed by atoms with Crippen molar-refractivity contribution in [3.8, 4) is 0 Å². The van der Waals surface area contributed by atoms with E-state index in [0.29, 0.717) is 0 Å². The summed E-state index contributed by atoms with van der Waals surface area (Å²) in [6.07, 6.45) is 1.77. The molecule has 0 unspecified atom stereocenters. The summed E-state index contributed by atoms with van der Waals surface area (Å²) in [6.45, 7) is 8.80. The van der Waals surface area contributed by atoms with Gasteiger partial charge in [-0.3, -0.25) is 4.79 Å². The van der Waals surface area contributed by atoms with Crippen LogP contribution in [0.3, 0.4) is 0 Å². The lowest BCUT2D eigenvalue weighted by molar-refractivity contribution is -0.143. The fourth-order valence-corrected chi connectivity index (χ4v) is 1.90. The fraction of sp³-hybridized carbons (Fsp3) is 0.450. The maximum atomic E-state index is 12.3. The Morgan fingerprint density at radius 3 is 2.15 bits per heavy atom. The summed E-state index contributed by atoms with van der Waals surface area (Å²) in [4.78, 5) is 35.5. The van der Waals surface area contributed by atoms with Gasteiger partial charge in [-0.1, -0.05) is 51.1 Å². The van der Waals surface area contributed by atoms with Gasteiger partial charge in [0.2, 0.25) is 5.91 Å². The van der Waals surface area contributed by atoms with Crippen LogP contribution >= 0.6 is 0 Å². The molecule has 1 aromatic carbocycles. The second-order valence-corrected chi connectivity index (χ2v) is 7.14. The molecule has 0 fully saturated rings. The summed E-state index contributed by atoms with van der Waals surface area (Å²) in [7, 11) is 0. The van der Waals surface area contributed by atoms with Crippen LogP contribution in [0.5, 0.6) is 0 Å². The second-order valence-electron chi connectivity index (χ2n) is 7.14. The minimum Gasteiger partial charge on any atom is -0.460 e. The molecule has 0 aliphatic rings. The first-order chi connectivity index (χ1) is 12.1. The number of ether oxygens (including phenoxy) is 2. The summed E-state index contributed by atoms with van der Waals surface area (Å²) in [5.74, 6) is -1.45. The maximum Gasteiger partial charge on any atom is 0.331 e. The van der Waals surface area contributed by atoms with Gasteiger partial charge in [0.25, 0.3) is 0 Å². The maximum absolute atomic E-state index is 12.3. The Bertz CT molecular complexity index is 644. The van der Waals surface area contributed by atoms with Crippen LogP contribution < -0.4 is 5.32 Å². The second kappa shape index (κ2) is 9.75. The first kappa shape index (κ1) is 21.4. The molecule has 1 N–H and O–H groups in total. The third-order valence-corrected chi connectivity index (χ3v) is 3.29. The van der Waals surface area contributed by atoms with Crippen molar-refractivity contribution in [2.24, 2.45) is 5.41 Å². The molecule has 0 saturated carbocycles. The number of amides is 1. The van der Waals surface area contributed by atoms with E-state index in [2.05, 4.69) is 5.32 Å². The number of carbonyl (C=O) groups excluding carboxylic acids is 3. The van der Waals surface area contributed by atoms with E-state index in [0.717, 1.165) is 17.7 Å². The molecule has 1 rings (SSSR count). The molecule has 1 aromatic rings. The van der Waals surface area contributed by atoms with Gasteiger partial charge in [-0.05, 0) is 19.4 Å². The molecule has 0 spiro atoms. The average Bonchev–Trinajstić information content (AvgIpc) is 2.55. The SMILES string of the molecule is CC(C)OC(=O)/C=C/C(=O)OC[C@@H](NC(=O)C(C)(C)C)c1ccccc1. The summed E-state index contributed by atoms with van der Waals surface area (Å²) < 4.78 is 10.1. The monoisotopic (exact) mass is 361 g/mol. The number of nitrogens with one attached hydrogen (secondary N) is 1. The van der Waals surface area contributed by atoms with Crippen molar-refractivity contribution < 1.29 is 23.9 Å². The Morgan fingerprint density at radius 2 is 1.62 bits per heavy atom. The molecule has 0 radical (unpaired) electrons. The smallest absolute Gasteiger partial charge is 0.331 e. The van der Waals surface area contributed by atoms with Crippen LogP contribution in [-0.2, 0) is 23.9 Å². The quantitative estimate of drug-likeness (QED) is 0.596. The molecule has 0 aliphatic heterocycles. The van der Waals surface area contributed by atoms with E-state index in [1.165, 1.54) is 0 Å². The zero-order valence-electron chi connectivity index (χ0n) is 15.9. The van der Waals surface area contributed by atoms with Gasteiger partial charge in [0, 0.05) is 17.6 Å². The van der Waals surface area contributed by atoms with Crippen molar-refractivity contribution >= 4 is 17.8 Å². The highest BCUT2D eigenvalue weighted by atomic mass is 16.5. The molecule has 0 heterocycles. The Balaban J connectivity index is 2.72. The number of rotatable bonds is 7. The highest BCUT2D eigenvalue weighted by molar-refractivity contribution is 5.91. The van der Waals surface area contributed by atoms with Crippen LogP contribution in [0, 0.1) is 5.41 Å². The molecule has 6 nitrogen and oxygen atoms in total. The molecule has 0 aromatic heterocycles. The normalized spacial score (nSPS) is 12.7. The van der Waals surface area contributed by atoms with Gasteiger partial charge >= 0.3 is 11.9 Å². The molecule has 1 amide bonds. The van der Waals surface area contributed by atoms with Gasteiger partial charge in [0.05, 0.1) is 12.1 Å². The molecule has 0 aliphatic carbocycles. The largest absolute Gasteiger partial charge is 0.460 e. The predicted molar refractivity (Wildman–Crippen MR) is 98.1 cm³/mol. The van der Waals surface area contributed by atoms with Gasteiger partial charge in [0.15, 0.2) is 0 Å². The zero-order valence-corrected chi connectivity index (χ0v) is 15.9. The van der Waals surface area contributed by atoms with E-state index in [4.69, 9.17) is 9.47 Å². The number of benzene rings is 1. The Morgan fingerprint density at radius 1 is 1.04 bits per heavy atom. The fourth-order valence-electron chi connectivity index (χ4n) is 1.90. The van der Waals surface area contributed by atoms with Gasteiger partial charge in [-0.2, -0.15) is 0 Å². The van der Waals surface area contributed by atoms with Gasteiger partial charge in [-0.25, -0.2) is 9.59 Å². The van der Waals surface area contributed by atoms with Crippen LogP contribution in [0.15, 0.2) is 42.5 Å². The third-order valence-electron chi connectivity index (χ3n) is 3.29. The van der Waals surface area contributed by atoms with Gasteiger partial charge in [-0.15, -0.1) is 0 Å². The van der Waals surface area contributed by atoms with E-state index in [-0.39, 0.29) is 18.6 Å². The number of hydrogen-bond acceptors (Lipinski definition) is 5. The first-order valence-corrected chi connectivity index (χ1v) is 8.51. The summed E-state index contributed by atoms with van der Waals surface area (Å²) in [5.41, 5.74) is 0.249. The lowest BCUT2D eigenvalue weighted by Gasteiger charge is -2.24. The number of carbonyl (C=O) groups is 3. The van der Waals surface area contributed by atoms with E-state index in [9.17, 15) is 14.4 Å². The van der Waals surface area contributed by atoms with Crippen molar-refractivity contribution in [1.82, 2.24) is 5.32 Å². The lowest BCUT2D eigenvalue weighted by Crippen LogP contribution is -2.39. The van der Waals surface area contributed by atoms with Crippen LogP contribution in [-0.4, -0.2) is 30.6 Å². The zero-order chi connectivity index (χ0) is 19.7. The predicted octanol–water partition coefficient (Wildman–Crippen LogP) is 2.94. The third kappa shape index (κ3) is 7.96. The minimum atomic E-state index is -0.684. The van der Waals surface area contributed by atoms with Crippen molar-refractivity contribution in [3.63, 3.8) is 0 Å². The van der Waals surface area contributed by atoms with E-state index < -0.39 is 23.4 Å². The molecule has 26 heavy (non-hydrogen) atoms. The molecule has 0 bridgehead atoms. The number of hydrogen-bond donors (Lipinski definition) is 1. The molecular weight excluding hydrogens is 334 g/mol. The number of esters is 2. The van der Waals surface area contributed by atoms with E-state index >= 15 is 0 Å². The molecule has 142 valence electrons. The summed E-state index contributed by atoms with van der Waals surface area (Å²) >= 11 is 0. The van der Waals surface area contributed by atoms with Crippen LogP contribution in [0.25, 0.3) is 0 Å². The van der Waals surface area contributed by atoms with Crippen molar-refractivity contribution in [1.29, 1.82) is 0 Å². The minimum absolute atomic E-state index is 0.0474. The van der Waals surface area contributed by atoms with Crippen molar-refractivity contribution in [3.05, 3.63) is 48.0 Å². The van der Waals surface area contributed by atoms with Gasteiger partial charge in [0.1, 0.15) is 6.61 Å². The Kier molecular flexibility index (Phi) is 8.03. The van der Waals surface area contributed by atoms with Crippen LogP contribution in [0.2, 0.25) is 0 Å². The highest BCUT2D eigenvalue weighted by Crippen LogP contribution is 2.18. The van der Waals surface area contributed by atoms with E-state index in [1.807, 2.05) is 30.3 Å². The van der Waals surface area contributed by atoms with Crippen molar-refractivity contribution in [2.75, 3.05) is 6.61 Å². The van der Waals surface area contributed by atoms with Crippen molar-refractivity contribution in [2.45, 2.75) is 46.8 Å². The molecule has 6 heteroatoms. The topological polar surface area (TPSA) is 81.7 Å². The van der Waals surface area contributed by atoms with Crippen LogP contribution in [0.1, 0.15) is 46.2 Å². The molecular formula is C20H27NO5. The highest BCUT2D eigenvalue weighted by Gasteiger charge is 2.25. The first-order valence-electron chi connectivity index (χ1n) is 8.51. The van der Waals surface area contributed by atoms with E-state index in [1.54, 1.807) is 34.6 Å². The van der Waals surface area contributed by atoms with Gasteiger partial charge < -0.3 is 14.8 Å². The van der Waals surface area contributed by atoms with Crippen LogP contribution in [0.4, 0.5) is 0 Å². The lowest BCUT2D eigenvalue weighted by atomic mass is 9.94. The Hall–Kier alpha value is -2.63. The molecule has 0 saturated heterocycles.